The Kier molecular flexibility index (Phi) is 4.45. The summed E-state index contributed by atoms with van der Waals surface area (Å²) in [6, 6.07) is 3.06. The molecule has 1 aliphatic rings. The molecule has 1 unspecified atom stereocenters. The third kappa shape index (κ3) is 3.08. The summed E-state index contributed by atoms with van der Waals surface area (Å²) in [5.74, 6) is -0.675. The Bertz CT molecular complexity index is 493. The van der Waals surface area contributed by atoms with E-state index >= 15 is 0 Å². The van der Waals surface area contributed by atoms with Crippen LogP contribution in [0.1, 0.15) is 36.5 Å². The first-order chi connectivity index (χ1) is 9.02. The molecule has 0 aromatic heterocycles. The summed E-state index contributed by atoms with van der Waals surface area (Å²) in [6.07, 6.45) is 3.35. The van der Waals surface area contributed by atoms with E-state index in [9.17, 15) is 9.18 Å². The molecule has 0 radical (unpaired) electrons. The fourth-order valence-electron chi connectivity index (χ4n) is 2.67. The highest BCUT2D eigenvalue weighted by Gasteiger charge is 2.24. The molecule has 104 valence electrons. The Balaban J connectivity index is 2.40. The van der Waals surface area contributed by atoms with Crippen molar-refractivity contribution in [2.45, 2.75) is 26.2 Å². The van der Waals surface area contributed by atoms with Gasteiger partial charge in [-0.25, -0.2) is 4.39 Å². The van der Waals surface area contributed by atoms with Gasteiger partial charge >= 0.3 is 0 Å². The van der Waals surface area contributed by atoms with Gasteiger partial charge in [0.05, 0.1) is 11.3 Å². The number of halogens is 2. The SMILES string of the molecule is CCC1CCCN(c2cc(Br)cc(F)c2C(N)=O)C1. The number of hydrogen-bond donors (Lipinski definition) is 1. The lowest BCUT2D eigenvalue weighted by molar-refractivity contribution is 0.0997. The van der Waals surface area contributed by atoms with Crippen LogP contribution >= 0.6 is 15.9 Å². The minimum atomic E-state index is -0.710. The number of nitrogens with two attached hydrogens (primary N) is 1. The first kappa shape index (κ1) is 14.3. The molecule has 5 heteroatoms. The van der Waals surface area contributed by atoms with Gasteiger partial charge in [-0.05, 0) is 30.9 Å². The van der Waals surface area contributed by atoms with Gasteiger partial charge in [-0.1, -0.05) is 29.3 Å². The molecule has 0 bridgehead atoms. The quantitative estimate of drug-likeness (QED) is 0.925. The zero-order chi connectivity index (χ0) is 14.0. The zero-order valence-electron chi connectivity index (χ0n) is 11.0. The number of piperidine rings is 1. The number of anilines is 1. The van der Waals surface area contributed by atoms with E-state index in [-0.39, 0.29) is 5.56 Å². The third-order valence-corrected chi connectivity index (χ3v) is 4.18. The van der Waals surface area contributed by atoms with Crippen LogP contribution in [0, 0.1) is 11.7 Å². The maximum Gasteiger partial charge on any atom is 0.253 e. The summed E-state index contributed by atoms with van der Waals surface area (Å²) in [6.45, 7) is 3.85. The van der Waals surface area contributed by atoms with Crippen LogP contribution in [0.25, 0.3) is 0 Å². The molecular weight excluding hydrogens is 311 g/mol. The van der Waals surface area contributed by atoms with E-state index in [1.807, 2.05) is 0 Å². The molecule has 0 spiro atoms. The number of benzene rings is 1. The smallest absolute Gasteiger partial charge is 0.253 e. The van der Waals surface area contributed by atoms with E-state index in [1.165, 1.54) is 12.5 Å². The molecule has 2 N–H and O–H groups in total. The van der Waals surface area contributed by atoms with E-state index < -0.39 is 11.7 Å². The standard InChI is InChI=1S/C14H18BrFN2O/c1-2-9-4-3-5-18(8-9)12-7-10(15)6-11(16)13(12)14(17)19/h6-7,9H,2-5,8H2,1H3,(H2,17,19). The topological polar surface area (TPSA) is 46.3 Å². The average Bonchev–Trinajstić information content (AvgIpc) is 2.37. The first-order valence-electron chi connectivity index (χ1n) is 6.56. The molecule has 1 fully saturated rings. The van der Waals surface area contributed by atoms with E-state index in [1.54, 1.807) is 6.07 Å². The van der Waals surface area contributed by atoms with Crippen LogP contribution in [0.3, 0.4) is 0 Å². The van der Waals surface area contributed by atoms with E-state index in [0.29, 0.717) is 16.1 Å². The summed E-state index contributed by atoms with van der Waals surface area (Å²) in [5.41, 5.74) is 5.93. The maximum absolute atomic E-state index is 13.9. The number of primary amides is 1. The minimum Gasteiger partial charge on any atom is -0.370 e. The Morgan fingerprint density at radius 1 is 1.58 bits per heavy atom. The van der Waals surface area contributed by atoms with Crippen LogP contribution in [0.2, 0.25) is 0 Å². The van der Waals surface area contributed by atoms with Gasteiger partial charge in [-0.3, -0.25) is 4.79 Å². The second kappa shape index (κ2) is 5.90. The predicted molar refractivity (Wildman–Crippen MR) is 77.8 cm³/mol. The van der Waals surface area contributed by atoms with E-state index in [4.69, 9.17) is 5.73 Å². The van der Waals surface area contributed by atoms with Crippen LogP contribution < -0.4 is 10.6 Å². The molecular formula is C14H18BrFN2O. The zero-order valence-corrected chi connectivity index (χ0v) is 12.5. The lowest BCUT2D eigenvalue weighted by Gasteiger charge is -2.35. The summed E-state index contributed by atoms with van der Waals surface area (Å²) >= 11 is 3.28. The molecule has 0 saturated carbocycles. The second-order valence-corrected chi connectivity index (χ2v) is 5.92. The van der Waals surface area contributed by atoms with Crippen LogP contribution in [-0.4, -0.2) is 19.0 Å². The highest BCUT2D eigenvalue weighted by atomic mass is 79.9. The number of carbonyl (C=O) groups is 1. The van der Waals surface area contributed by atoms with Crippen molar-refractivity contribution < 1.29 is 9.18 Å². The number of nitrogens with zero attached hydrogens (tertiary/aromatic N) is 1. The van der Waals surface area contributed by atoms with Crippen molar-refractivity contribution in [3.63, 3.8) is 0 Å². The molecule has 2 rings (SSSR count). The lowest BCUT2D eigenvalue weighted by atomic mass is 9.94. The summed E-state index contributed by atoms with van der Waals surface area (Å²) in [4.78, 5) is 13.6. The van der Waals surface area contributed by atoms with Gasteiger partial charge in [0.1, 0.15) is 5.82 Å². The van der Waals surface area contributed by atoms with Crippen LogP contribution in [0.4, 0.5) is 10.1 Å². The van der Waals surface area contributed by atoms with Crippen molar-refractivity contribution in [2.24, 2.45) is 11.7 Å². The van der Waals surface area contributed by atoms with Crippen LogP contribution in [-0.2, 0) is 0 Å². The maximum atomic E-state index is 13.9. The number of carbonyl (C=O) groups excluding carboxylic acids is 1. The van der Waals surface area contributed by atoms with Crippen LogP contribution in [0.5, 0.6) is 0 Å². The Labute approximate surface area is 121 Å². The molecule has 1 aliphatic heterocycles. The Morgan fingerprint density at radius 2 is 2.32 bits per heavy atom. The fraction of sp³-hybridized carbons (Fsp3) is 0.500. The first-order valence-corrected chi connectivity index (χ1v) is 7.36. The summed E-state index contributed by atoms with van der Waals surface area (Å²) < 4.78 is 14.6. The largest absolute Gasteiger partial charge is 0.370 e. The lowest BCUT2D eigenvalue weighted by Crippen LogP contribution is -2.36. The highest BCUT2D eigenvalue weighted by molar-refractivity contribution is 9.10. The van der Waals surface area contributed by atoms with Crippen molar-refractivity contribution in [3.8, 4) is 0 Å². The van der Waals surface area contributed by atoms with Gasteiger partial charge in [0, 0.05) is 17.6 Å². The van der Waals surface area contributed by atoms with E-state index in [2.05, 4.69) is 27.8 Å². The molecule has 1 atom stereocenters. The van der Waals surface area contributed by atoms with Gasteiger partial charge in [-0.2, -0.15) is 0 Å². The summed E-state index contributed by atoms with van der Waals surface area (Å²) in [7, 11) is 0. The number of hydrogen-bond acceptors (Lipinski definition) is 2. The molecule has 0 aliphatic carbocycles. The Hall–Kier alpha value is -1.10. The Morgan fingerprint density at radius 3 is 2.95 bits per heavy atom. The number of amides is 1. The molecule has 3 nitrogen and oxygen atoms in total. The highest BCUT2D eigenvalue weighted by Crippen LogP contribution is 2.31. The van der Waals surface area contributed by atoms with Crippen molar-refractivity contribution in [1.29, 1.82) is 0 Å². The van der Waals surface area contributed by atoms with Crippen molar-refractivity contribution in [2.75, 3.05) is 18.0 Å². The van der Waals surface area contributed by atoms with Gasteiger partial charge in [0.15, 0.2) is 0 Å². The fourth-order valence-corrected chi connectivity index (χ4v) is 3.09. The summed E-state index contributed by atoms with van der Waals surface area (Å²) in [5, 5.41) is 0. The van der Waals surface area contributed by atoms with Gasteiger partial charge in [0.2, 0.25) is 0 Å². The van der Waals surface area contributed by atoms with Crippen molar-refractivity contribution in [1.82, 2.24) is 0 Å². The van der Waals surface area contributed by atoms with Gasteiger partial charge < -0.3 is 10.6 Å². The number of rotatable bonds is 3. The van der Waals surface area contributed by atoms with Crippen molar-refractivity contribution >= 4 is 27.5 Å². The predicted octanol–water partition coefficient (Wildman–Crippen LogP) is 3.31. The molecule has 1 aromatic carbocycles. The molecule has 19 heavy (non-hydrogen) atoms. The normalized spacial score (nSPS) is 19.5. The van der Waals surface area contributed by atoms with Gasteiger partial charge in [0.25, 0.3) is 5.91 Å². The average molecular weight is 329 g/mol. The molecule has 1 aromatic rings. The monoisotopic (exact) mass is 328 g/mol. The third-order valence-electron chi connectivity index (χ3n) is 3.72. The van der Waals surface area contributed by atoms with Gasteiger partial charge in [-0.15, -0.1) is 0 Å². The second-order valence-electron chi connectivity index (χ2n) is 5.01. The van der Waals surface area contributed by atoms with Crippen molar-refractivity contribution in [3.05, 3.63) is 28.0 Å². The minimum absolute atomic E-state index is 0.0000435. The van der Waals surface area contributed by atoms with Crippen LogP contribution in [0.15, 0.2) is 16.6 Å². The van der Waals surface area contributed by atoms with E-state index in [0.717, 1.165) is 25.9 Å². The molecule has 1 heterocycles. The molecule has 1 saturated heterocycles. The molecule has 1 amide bonds.